The maximum atomic E-state index is 3.99. The molecule has 3 aliphatic carbocycles. The second kappa shape index (κ2) is 5.73. The molecule has 98 valence electrons. The van der Waals surface area contributed by atoms with Crippen LogP contribution in [-0.4, -0.2) is 12.6 Å². The molecule has 3 fully saturated rings. The second-order valence-electron chi connectivity index (χ2n) is 6.82. The van der Waals surface area contributed by atoms with Gasteiger partial charge in [-0.3, -0.25) is 0 Å². The average molecular weight is 235 g/mol. The van der Waals surface area contributed by atoms with E-state index in [-0.39, 0.29) is 0 Å². The summed E-state index contributed by atoms with van der Waals surface area (Å²) in [5, 5.41) is 3.99. The summed E-state index contributed by atoms with van der Waals surface area (Å²) in [5.74, 6) is 3.10. The number of nitrogens with one attached hydrogen (secondary N) is 1. The molecule has 0 aromatic heterocycles. The van der Waals surface area contributed by atoms with Crippen molar-refractivity contribution in [2.24, 2.45) is 17.8 Å². The summed E-state index contributed by atoms with van der Waals surface area (Å²) in [6, 6.07) is 0.902. The monoisotopic (exact) mass is 235 g/mol. The summed E-state index contributed by atoms with van der Waals surface area (Å²) < 4.78 is 0. The lowest BCUT2D eigenvalue weighted by atomic mass is 9.68. The molecular weight excluding hydrogens is 206 g/mol. The number of hydrogen-bond acceptors (Lipinski definition) is 1. The molecule has 1 nitrogen and oxygen atoms in total. The summed E-state index contributed by atoms with van der Waals surface area (Å²) in [7, 11) is 0. The Hall–Kier alpha value is -0.0400. The summed E-state index contributed by atoms with van der Waals surface area (Å²) in [4.78, 5) is 0. The Labute approximate surface area is 107 Å². The zero-order chi connectivity index (χ0) is 11.5. The predicted molar refractivity (Wildman–Crippen MR) is 73.0 cm³/mol. The van der Waals surface area contributed by atoms with Gasteiger partial charge in [0.1, 0.15) is 0 Å². The smallest absolute Gasteiger partial charge is 0.0124 e. The Morgan fingerprint density at radius 2 is 1.29 bits per heavy atom. The highest BCUT2D eigenvalue weighted by atomic mass is 14.9. The first-order valence-corrected chi connectivity index (χ1v) is 8.17. The molecule has 0 heterocycles. The lowest BCUT2D eigenvalue weighted by Gasteiger charge is -2.43. The molecule has 0 aromatic rings. The van der Waals surface area contributed by atoms with Gasteiger partial charge in [0.2, 0.25) is 0 Å². The predicted octanol–water partition coefficient (Wildman–Crippen LogP) is 4.13. The van der Waals surface area contributed by atoms with E-state index >= 15 is 0 Å². The summed E-state index contributed by atoms with van der Waals surface area (Å²) in [6.45, 7) is 1.33. The highest BCUT2D eigenvalue weighted by Crippen LogP contribution is 2.40. The second-order valence-corrected chi connectivity index (χ2v) is 6.82. The Morgan fingerprint density at radius 3 is 1.76 bits per heavy atom. The van der Waals surface area contributed by atoms with Gasteiger partial charge in [0.05, 0.1) is 0 Å². The standard InChI is InChI=1S/C16H29N/c1-2-6-13(7-3-1)12-17-16(14-8-4-9-14)15-10-5-11-15/h13-17H,1-12H2. The van der Waals surface area contributed by atoms with E-state index in [1.165, 1.54) is 77.2 Å². The van der Waals surface area contributed by atoms with Crippen molar-refractivity contribution in [2.75, 3.05) is 6.54 Å². The third kappa shape index (κ3) is 2.86. The van der Waals surface area contributed by atoms with Gasteiger partial charge >= 0.3 is 0 Å². The van der Waals surface area contributed by atoms with Gasteiger partial charge in [0.15, 0.2) is 0 Å². The maximum absolute atomic E-state index is 3.99. The zero-order valence-electron chi connectivity index (χ0n) is 11.3. The molecule has 17 heavy (non-hydrogen) atoms. The van der Waals surface area contributed by atoms with E-state index in [1.54, 1.807) is 0 Å². The number of hydrogen-bond donors (Lipinski definition) is 1. The van der Waals surface area contributed by atoms with Gasteiger partial charge in [0.25, 0.3) is 0 Å². The molecule has 0 saturated heterocycles. The highest BCUT2D eigenvalue weighted by molar-refractivity contribution is 4.91. The topological polar surface area (TPSA) is 12.0 Å². The van der Waals surface area contributed by atoms with Crippen molar-refractivity contribution in [3.8, 4) is 0 Å². The first-order valence-electron chi connectivity index (χ1n) is 8.17. The molecule has 1 N–H and O–H groups in total. The van der Waals surface area contributed by atoms with Crippen LogP contribution in [0.5, 0.6) is 0 Å². The van der Waals surface area contributed by atoms with Crippen molar-refractivity contribution in [3.05, 3.63) is 0 Å². The fourth-order valence-corrected chi connectivity index (χ4v) is 4.01. The van der Waals surface area contributed by atoms with E-state index < -0.39 is 0 Å². The van der Waals surface area contributed by atoms with E-state index in [4.69, 9.17) is 0 Å². The van der Waals surface area contributed by atoms with Crippen LogP contribution >= 0.6 is 0 Å². The van der Waals surface area contributed by atoms with E-state index in [1.807, 2.05) is 0 Å². The van der Waals surface area contributed by atoms with Crippen LogP contribution in [0.25, 0.3) is 0 Å². The quantitative estimate of drug-likeness (QED) is 0.755. The molecular formula is C16H29N. The molecule has 0 bridgehead atoms. The zero-order valence-corrected chi connectivity index (χ0v) is 11.3. The lowest BCUT2D eigenvalue weighted by molar-refractivity contribution is 0.117. The minimum absolute atomic E-state index is 0.902. The summed E-state index contributed by atoms with van der Waals surface area (Å²) in [5.41, 5.74) is 0. The van der Waals surface area contributed by atoms with Gasteiger partial charge in [-0.1, -0.05) is 32.1 Å². The van der Waals surface area contributed by atoms with Crippen molar-refractivity contribution in [2.45, 2.75) is 76.7 Å². The number of rotatable bonds is 5. The normalized spacial score (nSPS) is 28.1. The molecule has 3 rings (SSSR count). The van der Waals surface area contributed by atoms with Crippen LogP contribution < -0.4 is 5.32 Å². The third-order valence-corrected chi connectivity index (χ3v) is 5.68. The Morgan fingerprint density at radius 1 is 0.706 bits per heavy atom. The molecule has 3 saturated carbocycles. The molecule has 0 atom stereocenters. The highest BCUT2D eigenvalue weighted by Gasteiger charge is 2.35. The van der Waals surface area contributed by atoms with Crippen LogP contribution in [0, 0.1) is 17.8 Å². The van der Waals surface area contributed by atoms with E-state index in [0.717, 1.165) is 23.8 Å². The first-order chi connectivity index (χ1) is 8.43. The van der Waals surface area contributed by atoms with Crippen molar-refractivity contribution in [1.29, 1.82) is 0 Å². The van der Waals surface area contributed by atoms with Crippen LogP contribution in [0.3, 0.4) is 0 Å². The van der Waals surface area contributed by atoms with Crippen LogP contribution in [-0.2, 0) is 0 Å². The minimum atomic E-state index is 0.902. The van der Waals surface area contributed by atoms with Gasteiger partial charge in [0, 0.05) is 6.04 Å². The lowest BCUT2D eigenvalue weighted by Crippen LogP contribution is -2.48. The minimum Gasteiger partial charge on any atom is -0.313 e. The molecule has 0 spiro atoms. The van der Waals surface area contributed by atoms with Gasteiger partial charge in [-0.15, -0.1) is 0 Å². The van der Waals surface area contributed by atoms with Crippen molar-refractivity contribution in [1.82, 2.24) is 5.32 Å². The molecule has 0 aliphatic heterocycles. The van der Waals surface area contributed by atoms with Crippen LogP contribution in [0.1, 0.15) is 70.6 Å². The molecule has 1 heteroatoms. The third-order valence-electron chi connectivity index (χ3n) is 5.68. The van der Waals surface area contributed by atoms with Gasteiger partial charge in [-0.2, -0.15) is 0 Å². The Balaban J connectivity index is 1.45. The van der Waals surface area contributed by atoms with Crippen molar-refractivity contribution < 1.29 is 0 Å². The Bertz CT molecular complexity index is 210. The molecule has 0 unspecified atom stereocenters. The van der Waals surface area contributed by atoms with Crippen LogP contribution in [0.2, 0.25) is 0 Å². The van der Waals surface area contributed by atoms with Crippen LogP contribution in [0.4, 0.5) is 0 Å². The fraction of sp³-hybridized carbons (Fsp3) is 1.00. The Kier molecular flexibility index (Phi) is 4.05. The molecule has 0 amide bonds. The molecule has 3 aliphatic rings. The molecule has 0 radical (unpaired) electrons. The van der Waals surface area contributed by atoms with E-state index in [0.29, 0.717) is 0 Å². The summed E-state index contributed by atoms with van der Waals surface area (Å²) in [6.07, 6.45) is 16.5. The van der Waals surface area contributed by atoms with E-state index in [9.17, 15) is 0 Å². The van der Waals surface area contributed by atoms with Gasteiger partial charge < -0.3 is 5.32 Å². The van der Waals surface area contributed by atoms with E-state index in [2.05, 4.69) is 5.32 Å². The van der Waals surface area contributed by atoms with Gasteiger partial charge in [-0.05, 0) is 62.8 Å². The van der Waals surface area contributed by atoms with Gasteiger partial charge in [-0.25, -0.2) is 0 Å². The largest absolute Gasteiger partial charge is 0.313 e. The first kappa shape index (κ1) is 12.0. The fourth-order valence-electron chi connectivity index (χ4n) is 4.01. The van der Waals surface area contributed by atoms with Crippen molar-refractivity contribution in [3.63, 3.8) is 0 Å². The molecule has 0 aromatic carbocycles. The SMILES string of the molecule is C1CCC(CNC(C2CCC2)C2CCC2)CC1. The van der Waals surface area contributed by atoms with Crippen molar-refractivity contribution >= 4 is 0 Å². The van der Waals surface area contributed by atoms with Crippen LogP contribution in [0.15, 0.2) is 0 Å². The summed E-state index contributed by atoms with van der Waals surface area (Å²) >= 11 is 0. The maximum Gasteiger partial charge on any atom is 0.0124 e. The average Bonchev–Trinajstić information content (AvgIpc) is 2.22.